The van der Waals surface area contributed by atoms with E-state index < -0.39 is 5.97 Å². The van der Waals surface area contributed by atoms with Crippen molar-refractivity contribution < 1.29 is 48.5 Å². The zero-order chi connectivity index (χ0) is 14.9. The van der Waals surface area contributed by atoms with Crippen LogP contribution >= 0.6 is 0 Å². The molecule has 0 saturated heterocycles. The number of carbonyl (C=O) groups is 1. The molecule has 1 radical (unpaired) electrons. The van der Waals surface area contributed by atoms with E-state index in [1.807, 2.05) is 0 Å². The smallest absolute Gasteiger partial charge is 0.303 e. The minimum absolute atomic E-state index is 0. The van der Waals surface area contributed by atoms with Gasteiger partial charge in [-0.1, -0.05) is 70.4 Å². The van der Waals surface area contributed by atoms with Crippen molar-refractivity contribution >= 4 is 5.97 Å². The first kappa shape index (κ1) is 23.8. The van der Waals surface area contributed by atoms with Gasteiger partial charge in [-0.25, -0.2) is 0 Å². The van der Waals surface area contributed by atoms with E-state index in [-0.39, 0.29) is 38.6 Å². The van der Waals surface area contributed by atoms with Gasteiger partial charge in [0.1, 0.15) is 0 Å². The predicted molar refractivity (Wildman–Crippen MR) is 87.1 cm³/mol. The van der Waals surface area contributed by atoms with Crippen molar-refractivity contribution in [2.24, 2.45) is 0 Å². The van der Waals surface area contributed by atoms with E-state index in [0.717, 1.165) is 12.8 Å². The minimum Gasteiger partial charge on any atom is -0.481 e. The molecule has 0 spiro atoms. The predicted octanol–water partition coefficient (Wildman–Crippen LogP) is 6.11. The number of aliphatic carboxylic acids is 1. The van der Waals surface area contributed by atoms with Crippen molar-refractivity contribution in [2.45, 2.75) is 96.8 Å². The fraction of sp³-hybridized carbons (Fsp3) is 0.833. The summed E-state index contributed by atoms with van der Waals surface area (Å²) in [7, 11) is 0. The van der Waals surface area contributed by atoms with Crippen LogP contribution in [0, 0.1) is 38.6 Å². The van der Waals surface area contributed by atoms with Crippen molar-refractivity contribution in [1.82, 2.24) is 0 Å². The Bertz CT molecular complexity index is 239. The van der Waals surface area contributed by atoms with Crippen LogP contribution in [0.2, 0.25) is 0 Å². The zero-order valence-electron chi connectivity index (χ0n) is 13.7. The molecule has 0 heterocycles. The summed E-state index contributed by atoms with van der Waals surface area (Å²) in [6.45, 7) is 2.26. The fourth-order valence-electron chi connectivity index (χ4n) is 2.35. The van der Waals surface area contributed by atoms with Crippen LogP contribution in [0.4, 0.5) is 0 Å². The largest absolute Gasteiger partial charge is 0.481 e. The van der Waals surface area contributed by atoms with Crippen molar-refractivity contribution in [3.05, 3.63) is 12.2 Å². The summed E-state index contributed by atoms with van der Waals surface area (Å²) in [6.07, 6.45) is 21.2. The average Bonchev–Trinajstić information content (AvgIpc) is 2.43. The number of carboxylic acid groups (broad SMARTS) is 1. The SMILES string of the molecule is CCCCCCCCC=CCCCCCCCC(=O)O.[Tb]. The summed E-state index contributed by atoms with van der Waals surface area (Å²) < 4.78 is 0. The van der Waals surface area contributed by atoms with Crippen LogP contribution in [-0.2, 0) is 4.79 Å². The maximum Gasteiger partial charge on any atom is 0.303 e. The third-order valence-electron chi connectivity index (χ3n) is 3.65. The van der Waals surface area contributed by atoms with Crippen molar-refractivity contribution in [3.63, 3.8) is 0 Å². The van der Waals surface area contributed by atoms with E-state index in [1.54, 1.807) is 0 Å². The molecule has 0 aliphatic rings. The normalized spacial score (nSPS) is 10.7. The number of hydrogen-bond acceptors (Lipinski definition) is 1. The third kappa shape index (κ3) is 22.9. The molecule has 0 aliphatic carbocycles. The third-order valence-corrected chi connectivity index (χ3v) is 3.65. The van der Waals surface area contributed by atoms with Gasteiger partial charge in [0.2, 0.25) is 0 Å². The number of allylic oxidation sites excluding steroid dienone is 2. The molecule has 0 rings (SSSR count). The second-order valence-electron chi connectivity index (χ2n) is 5.73. The van der Waals surface area contributed by atoms with Crippen LogP contribution in [-0.4, -0.2) is 11.1 Å². The average molecular weight is 441 g/mol. The Labute approximate surface area is 162 Å². The molecule has 0 amide bonds. The van der Waals surface area contributed by atoms with Gasteiger partial charge in [-0.15, -0.1) is 0 Å². The molecule has 0 atom stereocenters. The van der Waals surface area contributed by atoms with E-state index >= 15 is 0 Å². The van der Waals surface area contributed by atoms with Gasteiger partial charge in [-0.05, 0) is 32.1 Å². The van der Waals surface area contributed by atoms with Gasteiger partial charge in [0.25, 0.3) is 0 Å². The van der Waals surface area contributed by atoms with Gasteiger partial charge in [-0.3, -0.25) is 4.79 Å². The first-order valence-corrected chi connectivity index (χ1v) is 8.64. The molecule has 127 valence electrons. The molecule has 3 heteroatoms. The molecule has 2 nitrogen and oxygen atoms in total. The molecule has 21 heavy (non-hydrogen) atoms. The van der Waals surface area contributed by atoms with Crippen LogP contribution in [0.15, 0.2) is 12.2 Å². The summed E-state index contributed by atoms with van der Waals surface area (Å²) >= 11 is 0. The van der Waals surface area contributed by atoms with Crippen molar-refractivity contribution in [3.8, 4) is 0 Å². The van der Waals surface area contributed by atoms with Crippen molar-refractivity contribution in [1.29, 1.82) is 0 Å². The van der Waals surface area contributed by atoms with E-state index in [1.165, 1.54) is 70.6 Å². The molecule has 0 aromatic carbocycles. The summed E-state index contributed by atoms with van der Waals surface area (Å²) in [4.78, 5) is 10.3. The fourth-order valence-corrected chi connectivity index (χ4v) is 2.35. The Morgan fingerprint density at radius 2 is 1.19 bits per heavy atom. The van der Waals surface area contributed by atoms with Gasteiger partial charge in [-0.2, -0.15) is 0 Å². The van der Waals surface area contributed by atoms with Gasteiger partial charge < -0.3 is 5.11 Å². The molecule has 0 fully saturated rings. The number of unbranched alkanes of at least 4 members (excludes halogenated alkanes) is 11. The number of carboxylic acids is 1. The summed E-state index contributed by atoms with van der Waals surface area (Å²) in [5.74, 6) is -0.664. The molecule has 0 bridgehead atoms. The molecule has 0 aliphatic heterocycles. The van der Waals surface area contributed by atoms with Crippen molar-refractivity contribution in [2.75, 3.05) is 0 Å². The van der Waals surface area contributed by atoms with Gasteiger partial charge >= 0.3 is 5.97 Å². The van der Waals surface area contributed by atoms with E-state index in [4.69, 9.17) is 5.11 Å². The Morgan fingerprint density at radius 3 is 1.67 bits per heavy atom. The maximum absolute atomic E-state index is 10.3. The second kappa shape index (κ2) is 20.5. The summed E-state index contributed by atoms with van der Waals surface area (Å²) in [5, 5.41) is 8.51. The van der Waals surface area contributed by atoms with Gasteiger partial charge in [0, 0.05) is 45.0 Å². The summed E-state index contributed by atoms with van der Waals surface area (Å²) in [6, 6.07) is 0. The molecular formula is C18H34O2Tb. The molecule has 0 aromatic heterocycles. The minimum atomic E-state index is -0.664. The van der Waals surface area contributed by atoms with Crippen LogP contribution < -0.4 is 0 Å². The summed E-state index contributed by atoms with van der Waals surface area (Å²) in [5.41, 5.74) is 0. The standard InChI is InChI=1S/C18H34O2.Tb/c1-2-3-4-5-6-7-8-9-10-11-12-13-14-15-16-17-18(19)20;/h9-10H,2-8,11-17H2,1H3,(H,19,20);. The Hall–Kier alpha value is 0.496. The maximum atomic E-state index is 10.3. The van der Waals surface area contributed by atoms with Crippen LogP contribution in [0.25, 0.3) is 0 Å². The van der Waals surface area contributed by atoms with E-state index in [9.17, 15) is 4.79 Å². The van der Waals surface area contributed by atoms with E-state index in [0.29, 0.717) is 6.42 Å². The van der Waals surface area contributed by atoms with Gasteiger partial charge in [0.15, 0.2) is 0 Å². The molecule has 0 aromatic rings. The molecule has 0 saturated carbocycles. The Morgan fingerprint density at radius 1 is 0.762 bits per heavy atom. The Kier molecular flexibility index (Phi) is 23.2. The quantitative estimate of drug-likeness (QED) is 0.246. The Balaban J connectivity index is 0. The first-order valence-electron chi connectivity index (χ1n) is 8.64. The molecular weight excluding hydrogens is 407 g/mol. The van der Waals surface area contributed by atoms with Crippen LogP contribution in [0.1, 0.15) is 96.8 Å². The van der Waals surface area contributed by atoms with Crippen LogP contribution in [0.3, 0.4) is 0 Å². The topological polar surface area (TPSA) is 37.3 Å². The zero-order valence-corrected chi connectivity index (χ0v) is 15.9. The van der Waals surface area contributed by atoms with Crippen LogP contribution in [0.5, 0.6) is 0 Å². The van der Waals surface area contributed by atoms with Gasteiger partial charge in [0.05, 0.1) is 0 Å². The molecule has 1 N–H and O–H groups in total. The first-order chi connectivity index (χ1) is 9.77. The number of rotatable bonds is 15. The number of hydrogen-bond donors (Lipinski definition) is 1. The molecule has 0 unspecified atom stereocenters. The van der Waals surface area contributed by atoms with E-state index in [2.05, 4.69) is 19.1 Å². The second-order valence-corrected chi connectivity index (χ2v) is 5.73. The monoisotopic (exact) mass is 441 g/mol.